The first-order chi connectivity index (χ1) is 14.8. The van der Waals surface area contributed by atoms with Crippen molar-refractivity contribution in [1.82, 2.24) is 4.98 Å². The monoisotopic (exact) mass is 455 g/mol. The highest BCUT2D eigenvalue weighted by atomic mass is 35.5. The number of halogens is 1. The van der Waals surface area contributed by atoms with Crippen molar-refractivity contribution in [1.29, 1.82) is 0 Å². The predicted molar refractivity (Wildman–Crippen MR) is 124 cm³/mol. The lowest BCUT2D eigenvalue weighted by Crippen LogP contribution is -2.04. The van der Waals surface area contributed by atoms with Crippen molar-refractivity contribution in [2.45, 2.75) is 20.8 Å². The van der Waals surface area contributed by atoms with E-state index in [9.17, 15) is 9.59 Å². The van der Waals surface area contributed by atoms with Gasteiger partial charge in [-0.05, 0) is 62.2 Å². The number of pyridine rings is 1. The van der Waals surface area contributed by atoms with E-state index in [4.69, 9.17) is 21.1 Å². The van der Waals surface area contributed by atoms with E-state index in [1.807, 2.05) is 13.8 Å². The molecule has 0 spiro atoms. The number of benzene rings is 1. The van der Waals surface area contributed by atoms with E-state index in [0.717, 1.165) is 20.9 Å². The molecule has 0 unspecified atom stereocenters. The summed E-state index contributed by atoms with van der Waals surface area (Å²) < 4.78 is 10.2. The standard InChI is InChI=1S/C24H22ClNO4S/c1-5-30-21(27)11-8-17-12-20(29-4)26-13-19(17)24-22(14(2)15(3)31-24)23(28)16-6-9-18(25)10-7-16/h6-13H,5H2,1-4H3/b11-8+. The fourth-order valence-corrected chi connectivity index (χ4v) is 4.39. The van der Waals surface area contributed by atoms with Gasteiger partial charge in [-0.2, -0.15) is 0 Å². The third-order valence-corrected chi connectivity index (χ3v) is 6.26. The number of nitrogens with zero attached hydrogens (tertiary/aromatic N) is 1. The smallest absolute Gasteiger partial charge is 0.330 e. The molecular formula is C24H22ClNO4S. The van der Waals surface area contributed by atoms with Gasteiger partial charge in [-0.15, -0.1) is 11.3 Å². The molecule has 0 aliphatic heterocycles. The van der Waals surface area contributed by atoms with E-state index >= 15 is 0 Å². The van der Waals surface area contributed by atoms with Gasteiger partial charge in [0.15, 0.2) is 5.78 Å². The molecule has 0 N–H and O–H groups in total. The van der Waals surface area contributed by atoms with Gasteiger partial charge in [0.1, 0.15) is 0 Å². The van der Waals surface area contributed by atoms with E-state index in [0.29, 0.717) is 34.2 Å². The summed E-state index contributed by atoms with van der Waals surface area (Å²) in [6, 6.07) is 8.56. The Morgan fingerprint density at radius 2 is 1.90 bits per heavy atom. The summed E-state index contributed by atoms with van der Waals surface area (Å²) in [6.07, 6.45) is 4.67. The molecule has 3 aromatic rings. The first kappa shape index (κ1) is 22.7. The van der Waals surface area contributed by atoms with Gasteiger partial charge in [0.2, 0.25) is 5.88 Å². The lowest BCUT2D eigenvalue weighted by molar-refractivity contribution is -0.137. The summed E-state index contributed by atoms with van der Waals surface area (Å²) in [5.41, 5.74) is 3.52. The van der Waals surface area contributed by atoms with Gasteiger partial charge in [0.25, 0.3) is 0 Å². The summed E-state index contributed by atoms with van der Waals surface area (Å²) in [5, 5.41) is 0.570. The second-order valence-electron chi connectivity index (χ2n) is 6.72. The molecule has 0 amide bonds. The maximum absolute atomic E-state index is 13.4. The number of ketones is 1. The number of ether oxygens (including phenoxy) is 2. The number of rotatable bonds is 7. The van der Waals surface area contributed by atoms with Crippen molar-refractivity contribution in [3.05, 3.63) is 74.8 Å². The van der Waals surface area contributed by atoms with Crippen molar-refractivity contribution < 1.29 is 19.1 Å². The second-order valence-corrected chi connectivity index (χ2v) is 8.38. The third-order valence-electron chi connectivity index (χ3n) is 4.77. The zero-order valence-corrected chi connectivity index (χ0v) is 19.3. The van der Waals surface area contributed by atoms with Gasteiger partial charge in [-0.3, -0.25) is 4.79 Å². The molecule has 0 atom stereocenters. The second kappa shape index (κ2) is 9.90. The van der Waals surface area contributed by atoms with Crippen LogP contribution < -0.4 is 4.74 Å². The molecule has 7 heteroatoms. The molecular weight excluding hydrogens is 434 g/mol. The molecule has 0 saturated carbocycles. The Balaban J connectivity index is 2.15. The van der Waals surface area contributed by atoms with Crippen LogP contribution in [-0.2, 0) is 9.53 Å². The number of thiophene rings is 1. The van der Waals surface area contributed by atoms with Crippen LogP contribution in [0.3, 0.4) is 0 Å². The van der Waals surface area contributed by atoms with Crippen LogP contribution in [0.5, 0.6) is 5.88 Å². The largest absolute Gasteiger partial charge is 0.481 e. The van der Waals surface area contributed by atoms with Crippen molar-refractivity contribution in [2.24, 2.45) is 0 Å². The van der Waals surface area contributed by atoms with Crippen LogP contribution in [0.4, 0.5) is 0 Å². The minimum atomic E-state index is -0.444. The first-order valence-electron chi connectivity index (χ1n) is 9.65. The van der Waals surface area contributed by atoms with Crippen LogP contribution in [0.25, 0.3) is 16.5 Å². The number of carbonyl (C=O) groups excluding carboxylic acids is 2. The Kier molecular flexibility index (Phi) is 7.25. The Morgan fingerprint density at radius 1 is 1.19 bits per heavy atom. The Hall–Kier alpha value is -2.96. The van der Waals surface area contributed by atoms with Gasteiger partial charge in [-0.25, -0.2) is 9.78 Å². The van der Waals surface area contributed by atoms with Crippen LogP contribution in [0, 0.1) is 13.8 Å². The Morgan fingerprint density at radius 3 is 2.55 bits per heavy atom. The summed E-state index contributed by atoms with van der Waals surface area (Å²) >= 11 is 7.50. The van der Waals surface area contributed by atoms with Crippen LogP contribution >= 0.6 is 22.9 Å². The number of hydrogen-bond acceptors (Lipinski definition) is 6. The third kappa shape index (κ3) is 5.03. The summed E-state index contributed by atoms with van der Waals surface area (Å²) in [5.74, 6) is -0.132. The van der Waals surface area contributed by atoms with Crippen LogP contribution in [-0.4, -0.2) is 30.5 Å². The number of aromatic nitrogens is 1. The van der Waals surface area contributed by atoms with Crippen LogP contribution in [0.1, 0.15) is 38.8 Å². The molecule has 1 aromatic carbocycles. The quantitative estimate of drug-likeness (QED) is 0.252. The van der Waals surface area contributed by atoms with E-state index in [-0.39, 0.29) is 5.78 Å². The zero-order valence-electron chi connectivity index (χ0n) is 17.7. The van der Waals surface area contributed by atoms with Crippen LogP contribution in [0.2, 0.25) is 5.02 Å². The molecule has 31 heavy (non-hydrogen) atoms. The molecule has 0 fully saturated rings. The number of aryl methyl sites for hydroxylation is 1. The molecule has 0 aliphatic carbocycles. The average Bonchev–Trinajstić information content (AvgIpc) is 3.06. The Bertz CT molecular complexity index is 1150. The van der Waals surface area contributed by atoms with Crippen molar-refractivity contribution in [3.63, 3.8) is 0 Å². The number of hydrogen-bond donors (Lipinski definition) is 0. The maximum Gasteiger partial charge on any atom is 0.330 e. The number of methoxy groups -OCH3 is 1. The molecule has 5 nitrogen and oxygen atoms in total. The lowest BCUT2D eigenvalue weighted by Gasteiger charge is -2.10. The van der Waals surface area contributed by atoms with Gasteiger partial charge in [0.05, 0.1) is 13.7 Å². The fraction of sp³-hybridized carbons (Fsp3) is 0.208. The summed E-state index contributed by atoms with van der Waals surface area (Å²) in [6.45, 7) is 5.95. The summed E-state index contributed by atoms with van der Waals surface area (Å²) in [4.78, 5) is 31.4. The Labute approximate surface area is 190 Å². The predicted octanol–water partition coefficient (Wildman–Crippen LogP) is 5.90. The molecule has 3 rings (SSSR count). The van der Waals surface area contributed by atoms with Gasteiger partial charge in [0, 0.05) is 49.8 Å². The van der Waals surface area contributed by atoms with Crippen LogP contribution in [0.15, 0.2) is 42.6 Å². The van der Waals surface area contributed by atoms with Gasteiger partial charge >= 0.3 is 5.97 Å². The van der Waals surface area contributed by atoms with E-state index in [1.165, 1.54) is 24.5 Å². The van der Waals surface area contributed by atoms with Crippen molar-refractivity contribution in [2.75, 3.05) is 13.7 Å². The normalized spacial score (nSPS) is 11.0. The molecule has 0 radical (unpaired) electrons. The molecule has 0 saturated heterocycles. The maximum atomic E-state index is 13.4. The topological polar surface area (TPSA) is 65.5 Å². The zero-order chi connectivity index (χ0) is 22.5. The molecule has 0 bridgehead atoms. The van der Waals surface area contributed by atoms with E-state index < -0.39 is 5.97 Å². The fourth-order valence-electron chi connectivity index (χ4n) is 3.07. The molecule has 0 aliphatic rings. The van der Waals surface area contributed by atoms with Crippen molar-refractivity contribution >= 4 is 40.8 Å². The number of esters is 1. The molecule has 160 valence electrons. The highest BCUT2D eigenvalue weighted by molar-refractivity contribution is 7.16. The van der Waals surface area contributed by atoms with E-state index in [2.05, 4.69) is 4.98 Å². The summed E-state index contributed by atoms with van der Waals surface area (Å²) in [7, 11) is 1.52. The minimum Gasteiger partial charge on any atom is -0.481 e. The van der Waals surface area contributed by atoms with Crippen molar-refractivity contribution in [3.8, 4) is 16.3 Å². The highest BCUT2D eigenvalue weighted by Crippen LogP contribution is 2.40. The van der Waals surface area contributed by atoms with E-state index in [1.54, 1.807) is 49.5 Å². The minimum absolute atomic E-state index is 0.0929. The average molecular weight is 456 g/mol. The highest BCUT2D eigenvalue weighted by Gasteiger charge is 2.23. The molecule has 2 heterocycles. The molecule has 2 aromatic heterocycles. The lowest BCUT2D eigenvalue weighted by atomic mass is 9.96. The van der Waals surface area contributed by atoms with Gasteiger partial charge < -0.3 is 9.47 Å². The number of carbonyl (C=O) groups is 2. The SMILES string of the molecule is CCOC(=O)/C=C/c1cc(OC)ncc1-c1sc(C)c(C)c1C(=O)c1ccc(Cl)cc1. The van der Waals surface area contributed by atoms with Gasteiger partial charge in [-0.1, -0.05) is 11.6 Å². The first-order valence-corrected chi connectivity index (χ1v) is 10.8.